The molecular weight excluding hydrogens is 310 g/mol. The molecule has 1 fully saturated rings. The van der Waals surface area contributed by atoms with Gasteiger partial charge >= 0.3 is 13.3 Å². The molecule has 0 radical (unpaired) electrons. The normalized spacial score (nSPS) is 20.4. The Balaban J connectivity index is 2.08. The molecule has 5 nitrogen and oxygen atoms in total. The van der Waals surface area contributed by atoms with Crippen LogP contribution in [0.15, 0.2) is 12.3 Å². The van der Waals surface area contributed by atoms with Crippen LogP contribution in [0, 0.1) is 0 Å². The molecule has 0 aromatic carbocycles. The third-order valence-electron chi connectivity index (χ3n) is 4.49. The molecule has 0 bridgehead atoms. The van der Waals surface area contributed by atoms with Gasteiger partial charge in [-0.1, -0.05) is 0 Å². The second-order valence-corrected chi connectivity index (χ2v) is 6.70. The number of pyridine rings is 1. The van der Waals surface area contributed by atoms with Crippen molar-refractivity contribution >= 4 is 23.6 Å². The smallest absolute Gasteiger partial charge is 0.399 e. The summed E-state index contributed by atoms with van der Waals surface area (Å²) in [6.07, 6.45) is -3.08. The van der Waals surface area contributed by atoms with Crippen LogP contribution in [0.2, 0.25) is 0 Å². The van der Waals surface area contributed by atoms with Gasteiger partial charge in [-0.2, -0.15) is 18.3 Å². The first kappa shape index (κ1) is 16.3. The highest BCUT2D eigenvalue weighted by Crippen LogP contribution is 2.37. The van der Waals surface area contributed by atoms with Crippen molar-refractivity contribution in [1.29, 1.82) is 0 Å². The predicted octanol–water partition coefficient (Wildman–Crippen LogP) is 2.29. The lowest BCUT2D eigenvalue weighted by molar-refractivity contribution is -0.140. The molecule has 3 rings (SSSR count). The van der Waals surface area contributed by atoms with Crippen LogP contribution < -0.4 is 5.46 Å². The van der Waals surface area contributed by atoms with E-state index in [-0.39, 0.29) is 11.0 Å². The third-order valence-corrected chi connectivity index (χ3v) is 4.49. The molecule has 1 aliphatic rings. The van der Waals surface area contributed by atoms with Gasteiger partial charge in [-0.15, -0.1) is 0 Å². The van der Waals surface area contributed by atoms with Crippen LogP contribution >= 0.6 is 0 Å². The Hall–Kier alpha value is -1.61. The van der Waals surface area contributed by atoms with Crippen LogP contribution in [0.3, 0.4) is 0 Å². The van der Waals surface area contributed by atoms with Crippen molar-refractivity contribution in [2.45, 2.75) is 45.1 Å². The van der Waals surface area contributed by atoms with Gasteiger partial charge in [0.05, 0.1) is 16.6 Å². The Morgan fingerprint density at radius 3 is 2.22 bits per heavy atom. The fourth-order valence-electron chi connectivity index (χ4n) is 2.47. The van der Waals surface area contributed by atoms with E-state index in [4.69, 9.17) is 9.31 Å². The SMILES string of the molecule is Cn1nc(C(F)(F)F)c2cc(B3OC(C)(C)C(C)(C)O3)cnc21. The van der Waals surface area contributed by atoms with Crippen molar-refractivity contribution < 1.29 is 22.5 Å². The molecule has 3 heterocycles. The van der Waals surface area contributed by atoms with E-state index in [1.807, 2.05) is 27.7 Å². The summed E-state index contributed by atoms with van der Waals surface area (Å²) in [5.41, 5.74) is -1.50. The molecule has 23 heavy (non-hydrogen) atoms. The van der Waals surface area contributed by atoms with Gasteiger partial charge in [0.15, 0.2) is 11.3 Å². The van der Waals surface area contributed by atoms with Gasteiger partial charge in [-0.3, -0.25) is 0 Å². The lowest BCUT2D eigenvalue weighted by atomic mass is 9.80. The van der Waals surface area contributed by atoms with Gasteiger partial charge in [0.25, 0.3) is 0 Å². The van der Waals surface area contributed by atoms with Crippen molar-refractivity contribution in [2.24, 2.45) is 7.05 Å². The topological polar surface area (TPSA) is 49.2 Å². The molecule has 0 aliphatic carbocycles. The molecule has 0 unspecified atom stereocenters. The summed E-state index contributed by atoms with van der Waals surface area (Å²) < 4.78 is 52.2. The van der Waals surface area contributed by atoms with Crippen molar-refractivity contribution in [3.63, 3.8) is 0 Å². The molecular formula is C14H17BF3N3O2. The number of hydrogen-bond acceptors (Lipinski definition) is 4. The van der Waals surface area contributed by atoms with Crippen LogP contribution in [-0.2, 0) is 22.5 Å². The van der Waals surface area contributed by atoms with E-state index >= 15 is 0 Å². The quantitative estimate of drug-likeness (QED) is 0.754. The zero-order valence-corrected chi connectivity index (χ0v) is 13.5. The van der Waals surface area contributed by atoms with Crippen LogP contribution in [-0.4, -0.2) is 33.1 Å². The van der Waals surface area contributed by atoms with Gasteiger partial charge in [0.1, 0.15) is 0 Å². The first-order valence-corrected chi connectivity index (χ1v) is 7.18. The number of aromatic nitrogens is 3. The minimum absolute atomic E-state index is 0.0628. The van der Waals surface area contributed by atoms with E-state index in [0.29, 0.717) is 5.46 Å². The Kier molecular flexibility index (Phi) is 3.32. The zero-order chi connectivity index (χ0) is 17.2. The van der Waals surface area contributed by atoms with Crippen LogP contribution in [0.5, 0.6) is 0 Å². The lowest BCUT2D eigenvalue weighted by Gasteiger charge is -2.32. The number of hydrogen-bond donors (Lipinski definition) is 0. The molecule has 1 aliphatic heterocycles. The van der Waals surface area contributed by atoms with Crippen molar-refractivity contribution in [2.75, 3.05) is 0 Å². The van der Waals surface area contributed by atoms with E-state index in [9.17, 15) is 13.2 Å². The zero-order valence-electron chi connectivity index (χ0n) is 13.5. The molecule has 124 valence electrons. The van der Waals surface area contributed by atoms with Crippen molar-refractivity contribution in [3.05, 3.63) is 18.0 Å². The molecule has 1 saturated heterocycles. The predicted molar refractivity (Wildman–Crippen MR) is 79.2 cm³/mol. The Labute approximate surface area is 131 Å². The van der Waals surface area contributed by atoms with E-state index in [1.54, 1.807) is 0 Å². The molecule has 0 atom stereocenters. The van der Waals surface area contributed by atoms with Crippen LogP contribution in [0.25, 0.3) is 11.0 Å². The van der Waals surface area contributed by atoms with Crippen molar-refractivity contribution in [1.82, 2.24) is 14.8 Å². The number of alkyl halides is 3. The maximum Gasteiger partial charge on any atom is 0.496 e. The summed E-state index contributed by atoms with van der Waals surface area (Å²) in [7, 11) is 0.664. The van der Waals surface area contributed by atoms with E-state index in [2.05, 4.69) is 10.1 Å². The molecule has 0 saturated carbocycles. The number of nitrogens with zero attached hydrogens (tertiary/aromatic N) is 3. The fraction of sp³-hybridized carbons (Fsp3) is 0.571. The molecule has 0 spiro atoms. The second kappa shape index (κ2) is 4.70. The molecule has 0 N–H and O–H groups in total. The average molecular weight is 327 g/mol. The second-order valence-electron chi connectivity index (χ2n) is 6.70. The van der Waals surface area contributed by atoms with Gasteiger partial charge in [0, 0.05) is 18.7 Å². The Bertz CT molecular complexity index is 754. The highest BCUT2D eigenvalue weighted by molar-refractivity contribution is 6.62. The number of aryl methyl sites for hydroxylation is 1. The standard InChI is InChI=1S/C14H17BF3N3O2/c1-12(2)13(3,4)23-15(22-12)8-6-9-10(14(16,17)18)20-21(5)11(9)19-7-8/h6-7H,1-5H3. The maximum absolute atomic E-state index is 13.1. The van der Waals surface area contributed by atoms with Crippen molar-refractivity contribution in [3.8, 4) is 0 Å². The summed E-state index contributed by atoms with van der Waals surface area (Å²) >= 11 is 0. The summed E-state index contributed by atoms with van der Waals surface area (Å²) in [6, 6.07) is 1.39. The number of fused-ring (bicyclic) bond motifs is 1. The van der Waals surface area contributed by atoms with Gasteiger partial charge in [-0.25, -0.2) is 9.67 Å². The van der Waals surface area contributed by atoms with E-state index < -0.39 is 30.2 Å². The summed E-state index contributed by atoms with van der Waals surface area (Å²) in [6.45, 7) is 7.52. The first-order chi connectivity index (χ1) is 10.4. The number of halogens is 3. The third kappa shape index (κ3) is 2.51. The maximum atomic E-state index is 13.1. The molecule has 2 aromatic heterocycles. The van der Waals surface area contributed by atoms with E-state index in [1.165, 1.54) is 19.3 Å². The highest BCUT2D eigenvalue weighted by atomic mass is 19.4. The van der Waals surface area contributed by atoms with Crippen LogP contribution in [0.4, 0.5) is 13.2 Å². The minimum atomic E-state index is -4.55. The Morgan fingerprint density at radius 1 is 1.13 bits per heavy atom. The Morgan fingerprint density at radius 2 is 1.70 bits per heavy atom. The monoisotopic (exact) mass is 327 g/mol. The summed E-state index contributed by atoms with van der Waals surface area (Å²) in [4.78, 5) is 4.10. The van der Waals surface area contributed by atoms with E-state index in [0.717, 1.165) is 4.68 Å². The number of rotatable bonds is 1. The van der Waals surface area contributed by atoms with Gasteiger partial charge < -0.3 is 9.31 Å². The largest absolute Gasteiger partial charge is 0.496 e. The summed E-state index contributed by atoms with van der Waals surface area (Å²) in [5, 5.41) is 3.47. The fourth-order valence-corrected chi connectivity index (χ4v) is 2.47. The van der Waals surface area contributed by atoms with Crippen LogP contribution in [0.1, 0.15) is 33.4 Å². The minimum Gasteiger partial charge on any atom is -0.399 e. The highest BCUT2D eigenvalue weighted by Gasteiger charge is 2.52. The molecule has 2 aromatic rings. The van der Waals surface area contributed by atoms with Gasteiger partial charge in [0.2, 0.25) is 0 Å². The average Bonchev–Trinajstić information content (AvgIpc) is 2.84. The lowest BCUT2D eigenvalue weighted by Crippen LogP contribution is -2.41. The molecule has 9 heteroatoms. The summed E-state index contributed by atoms with van der Waals surface area (Å²) in [5.74, 6) is 0. The molecule has 0 amide bonds. The first-order valence-electron chi connectivity index (χ1n) is 7.18. The van der Waals surface area contributed by atoms with Gasteiger partial charge in [-0.05, 0) is 33.8 Å².